The molecule has 0 spiro atoms. The van der Waals surface area contributed by atoms with E-state index in [0.29, 0.717) is 6.54 Å². The van der Waals surface area contributed by atoms with Gasteiger partial charge in [-0.3, -0.25) is 4.84 Å². The van der Waals surface area contributed by atoms with Crippen LogP contribution in [-0.4, -0.2) is 42.8 Å². The van der Waals surface area contributed by atoms with Crippen molar-refractivity contribution in [3.8, 4) is 0 Å². The number of amides is 1. The third-order valence-electron chi connectivity index (χ3n) is 2.31. The maximum atomic E-state index is 11.8. The van der Waals surface area contributed by atoms with Gasteiger partial charge in [0, 0.05) is 13.6 Å². The first kappa shape index (κ1) is 13.3. The summed E-state index contributed by atoms with van der Waals surface area (Å²) in [6.45, 7) is 6.96. The zero-order valence-corrected chi connectivity index (χ0v) is 10.6. The van der Waals surface area contributed by atoms with Gasteiger partial charge in [-0.1, -0.05) is 0 Å². The number of carbonyl (C=O) groups is 1. The van der Waals surface area contributed by atoms with Crippen LogP contribution in [0.4, 0.5) is 4.79 Å². The number of piperidine rings is 1. The number of ether oxygens (including phenoxy) is 1. The molecule has 1 saturated heterocycles. The Hall–Kier alpha value is -0.810. The standard InChI is InChI=1S/C11H22N2O3/c1-11(2,3)15-10(14)13-7-5-6-9(8-13)16-12-4/h9,12H,5-8H2,1-4H3. The minimum absolute atomic E-state index is 0.0614. The predicted octanol–water partition coefficient (Wildman–Crippen LogP) is 1.54. The van der Waals surface area contributed by atoms with Crippen molar-refractivity contribution in [3.63, 3.8) is 0 Å². The van der Waals surface area contributed by atoms with Gasteiger partial charge in [-0.05, 0) is 33.6 Å². The highest BCUT2D eigenvalue weighted by Crippen LogP contribution is 2.16. The SMILES string of the molecule is CNOC1CCCN(C(=O)OC(C)(C)C)C1. The van der Waals surface area contributed by atoms with E-state index in [4.69, 9.17) is 9.57 Å². The predicted molar refractivity (Wildman–Crippen MR) is 61.0 cm³/mol. The Morgan fingerprint density at radius 1 is 1.44 bits per heavy atom. The Morgan fingerprint density at radius 2 is 2.12 bits per heavy atom. The topological polar surface area (TPSA) is 50.8 Å². The van der Waals surface area contributed by atoms with Crippen LogP contribution < -0.4 is 5.48 Å². The van der Waals surface area contributed by atoms with Gasteiger partial charge in [0.25, 0.3) is 0 Å². The van der Waals surface area contributed by atoms with Crippen LogP contribution in [0.3, 0.4) is 0 Å². The van der Waals surface area contributed by atoms with E-state index >= 15 is 0 Å². The van der Waals surface area contributed by atoms with Crippen molar-refractivity contribution < 1.29 is 14.4 Å². The molecule has 0 aromatic rings. The quantitative estimate of drug-likeness (QED) is 0.731. The lowest BCUT2D eigenvalue weighted by Crippen LogP contribution is -2.46. The van der Waals surface area contributed by atoms with Gasteiger partial charge in [-0.25, -0.2) is 10.3 Å². The molecule has 1 atom stereocenters. The summed E-state index contributed by atoms with van der Waals surface area (Å²) in [4.78, 5) is 18.8. The lowest BCUT2D eigenvalue weighted by molar-refractivity contribution is -0.0543. The second-order valence-electron chi connectivity index (χ2n) is 5.01. The van der Waals surface area contributed by atoms with Gasteiger partial charge in [0.15, 0.2) is 0 Å². The van der Waals surface area contributed by atoms with E-state index in [1.165, 1.54) is 0 Å². The number of hydrogen-bond acceptors (Lipinski definition) is 4. The molecular weight excluding hydrogens is 208 g/mol. The van der Waals surface area contributed by atoms with Crippen molar-refractivity contribution in [2.24, 2.45) is 0 Å². The van der Waals surface area contributed by atoms with E-state index in [1.54, 1.807) is 11.9 Å². The highest BCUT2D eigenvalue weighted by Gasteiger charge is 2.27. The minimum atomic E-state index is -0.437. The van der Waals surface area contributed by atoms with Crippen LogP contribution in [0.2, 0.25) is 0 Å². The summed E-state index contributed by atoms with van der Waals surface area (Å²) in [5.74, 6) is 0. The molecule has 1 heterocycles. The molecule has 1 amide bonds. The number of carbonyl (C=O) groups excluding carboxylic acids is 1. The zero-order chi connectivity index (χ0) is 12.2. The maximum absolute atomic E-state index is 11.8. The van der Waals surface area contributed by atoms with Gasteiger partial charge in [-0.2, -0.15) is 0 Å². The molecule has 0 radical (unpaired) electrons. The van der Waals surface area contributed by atoms with Crippen molar-refractivity contribution in [2.45, 2.75) is 45.3 Å². The molecule has 0 aromatic carbocycles. The van der Waals surface area contributed by atoms with Crippen LogP contribution in [0.25, 0.3) is 0 Å². The van der Waals surface area contributed by atoms with E-state index in [1.807, 2.05) is 20.8 Å². The van der Waals surface area contributed by atoms with Crippen LogP contribution in [0.15, 0.2) is 0 Å². The summed E-state index contributed by atoms with van der Waals surface area (Å²) < 4.78 is 5.31. The average Bonchev–Trinajstić information content (AvgIpc) is 2.16. The molecule has 0 aliphatic carbocycles. The fraction of sp³-hybridized carbons (Fsp3) is 0.909. The molecule has 0 aromatic heterocycles. The maximum Gasteiger partial charge on any atom is 0.410 e. The number of rotatable bonds is 2. The smallest absolute Gasteiger partial charge is 0.410 e. The summed E-state index contributed by atoms with van der Waals surface area (Å²) in [6.07, 6.45) is 1.73. The number of hydrogen-bond donors (Lipinski definition) is 1. The summed E-state index contributed by atoms with van der Waals surface area (Å²) in [5.41, 5.74) is 2.23. The number of hydroxylamine groups is 1. The molecule has 1 unspecified atom stereocenters. The minimum Gasteiger partial charge on any atom is -0.444 e. The summed E-state index contributed by atoms with van der Waals surface area (Å²) >= 11 is 0. The average molecular weight is 230 g/mol. The normalized spacial score (nSPS) is 22.0. The molecule has 5 heteroatoms. The third-order valence-corrected chi connectivity index (χ3v) is 2.31. The molecule has 1 aliphatic rings. The molecular formula is C11H22N2O3. The van der Waals surface area contributed by atoms with Crippen LogP contribution in [0, 0.1) is 0 Å². The van der Waals surface area contributed by atoms with Gasteiger partial charge in [0.2, 0.25) is 0 Å². The van der Waals surface area contributed by atoms with Gasteiger partial charge >= 0.3 is 6.09 Å². The molecule has 1 aliphatic heterocycles. The summed E-state index contributed by atoms with van der Waals surface area (Å²) in [5, 5.41) is 0. The van der Waals surface area contributed by atoms with E-state index in [-0.39, 0.29) is 12.2 Å². The van der Waals surface area contributed by atoms with Gasteiger partial charge in [0.05, 0.1) is 12.6 Å². The molecule has 94 valence electrons. The van der Waals surface area contributed by atoms with Crippen molar-refractivity contribution in [1.82, 2.24) is 10.4 Å². The molecule has 16 heavy (non-hydrogen) atoms. The van der Waals surface area contributed by atoms with E-state index < -0.39 is 5.60 Å². The number of nitrogens with one attached hydrogen (secondary N) is 1. The second-order valence-corrected chi connectivity index (χ2v) is 5.01. The lowest BCUT2D eigenvalue weighted by atomic mass is 10.1. The van der Waals surface area contributed by atoms with Crippen LogP contribution in [-0.2, 0) is 9.57 Å². The first-order valence-electron chi connectivity index (χ1n) is 5.72. The summed E-state index contributed by atoms with van der Waals surface area (Å²) in [6, 6.07) is 0. The highest BCUT2D eigenvalue weighted by molar-refractivity contribution is 5.68. The van der Waals surface area contributed by atoms with E-state index in [2.05, 4.69) is 5.48 Å². The van der Waals surface area contributed by atoms with Gasteiger partial charge in [-0.15, -0.1) is 0 Å². The van der Waals surface area contributed by atoms with Gasteiger partial charge < -0.3 is 9.64 Å². The fourth-order valence-electron chi connectivity index (χ4n) is 1.69. The lowest BCUT2D eigenvalue weighted by Gasteiger charge is -2.33. The largest absolute Gasteiger partial charge is 0.444 e. The Balaban J connectivity index is 2.44. The molecule has 5 nitrogen and oxygen atoms in total. The number of nitrogens with zero attached hydrogens (tertiary/aromatic N) is 1. The van der Waals surface area contributed by atoms with E-state index in [9.17, 15) is 4.79 Å². The molecule has 1 N–H and O–H groups in total. The van der Waals surface area contributed by atoms with Crippen LogP contribution >= 0.6 is 0 Å². The number of likely N-dealkylation sites (tertiary alicyclic amines) is 1. The van der Waals surface area contributed by atoms with Crippen molar-refractivity contribution in [2.75, 3.05) is 20.1 Å². The third kappa shape index (κ3) is 4.37. The van der Waals surface area contributed by atoms with Crippen LogP contribution in [0.5, 0.6) is 0 Å². The Bertz CT molecular complexity index is 236. The van der Waals surface area contributed by atoms with Crippen molar-refractivity contribution in [1.29, 1.82) is 0 Å². The monoisotopic (exact) mass is 230 g/mol. The van der Waals surface area contributed by atoms with Crippen molar-refractivity contribution >= 4 is 6.09 Å². The molecule has 0 saturated carbocycles. The Labute approximate surface area is 97.0 Å². The second kappa shape index (κ2) is 5.50. The highest BCUT2D eigenvalue weighted by atomic mass is 16.7. The van der Waals surface area contributed by atoms with E-state index in [0.717, 1.165) is 19.4 Å². The van der Waals surface area contributed by atoms with Gasteiger partial charge in [0.1, 0.15) is 5.60 Å². The molecule has 1 fully saturated rings. The Kier molecular flexibility index (Phi) is 4.56. The van der Waals surface area contributed by atoms with Crippen molar-refractivity contribution in [3.05, 3.63) is 0 Å². The molecule has 1 rings (SSSR count). The first-order valence-corrected chi connectivity index (χ1v) is 5.72. The fourth-order valence-corrected chi connectivity index (χ4v) is 1.69. The zero-order valence-electron chi connectivity index (χ0n) is 10.6. The van der Waals surface area contributed by atoms with Crippen LogP contribution in [0.1, 0.15) is 33.6 Å². The Morgan fingerprint density at radius 3 is 2.69 bits per heavy atom. The first-order chi connectivity index (χ1) is 7.42. The summed E-state index contributed by atoms with van der Waals surface area (Å²) in [7, 11) is 1.73. The molecule has 0 bridgehead atoms.